The summed E-state index contributed by atoms with van der Waals surface area (Å²) in [7, 11) is 0. The van der Waals surface area contributed by atoms with Crippen molar-refractivity contribution in [1.29, 1.82) is 0 Å². The molecule has 0 radical (unpaired) electrons. The van der Waals surface area contributed by atoms with Crippen LogP contribution in [0.1, 0.15) is 352 Å². The van der Waals surface area contributed by atoms with Gasteiger partial charge in [-0.15, -0.1) is 0 Å². The van der Waals surface area contributed by atoms with Crippen molar-refractivity contribution >= 4 is 6.08 Å². The van der Waals surface area contributed by atoms with Crippen molar-refractivity contribution in [3.05, 3.63) is 222 Å². The second kappa shape index (κ2) is 69.4. The summed E-state index contributed by atoms with van der Waals surface area (Å²) in [6.45, 7) is 53.8. The Morgan fingerprint density at radius 3 is 0.862 bits per heavy atom. The monoisotopic (exact) mass is 1290 g/mol. The van der Waals surface area contributed by atoms with Gasteiger partial charge in [-0.2, -0.15) is 0 Å². The first-order valence-electron chi connectivity index (χ1n) is 39.3. The highest BCUT2D eigenvalue weighted by Gasteiger charge is 2.27. The van der Waals surface area contributed by atoms with Crippen LogP contribution < -0.4 is 0 Å². The Morgan fingerprint density at radius 1 is 0.309 bits per heavy atom. The summed E-state index contributed by atoms with van der Waals surface area (Å²) in [4.78, 5) is 0. The van der Waals surface area contributed by atoms with Crippen molar-refractivity contribution < 1.29 is 0 Å². The predicted molar refractivity (Wildman–Crippen MR) is 436 cm³/mol. The van der Waals surface area contributed by atoms with Crippen LogP contribution in [0.4, 0.5) is 0 Å². The summed E-state index contributed by atoms with van der Waals surface area (Å²) in [5.41, 5.74) is 9.72. The first kappa shape index (κ1) is 95.5. The van der Waals surface area contributed by atoms with E-state index in [0.29, 0.717) is 22.7 Å². The van der Waals surface area contributed by atoms with E-state index in [-0.39, 0.29) is 0 Å². The van der Waals surface area contributed by atoms with E-state index in [9.17, 15) is 0 Å². The lowest BCUT2D eigenvalue weighted by atomic mass is 9.71. The Balaban J connectivity index is -0.000000480. The molecule has 0 fully saturated rings. The lowest BCUT2D eigenvalue weighted by Gasteiger charge is -2.34. The molecule has 0 N–H and O–H groups in total. The van der Waals surface area contributed by atoms with Crippen LogP contribution in [0.5, 0.6) is 0 Å². The van der Waals surface area contributed by atoms with Gasteiger partial charge in [0.25, 0.3) is 0 Å². The minimum absolute atomic E-state index is 0.625. The second-order valence-corrected chi connectivity index (χ2v) is 26.8. The van der Waals surface area contributed by atoms with Gasteiger partial charge in [0.1, 0.15) is 0 Å². The van der Waals surface area contributed by atoms with Gasteiger partial charge < -0.3 is 0 Å². The van der Waals surface area contributed by atoms with Gasteiger partial charge in [-0.3, -0.25) is 0 Å². The van der Waals surface area contributed by atoms with Crippen molar-refractivity contribution in [2.75, 3.05) is 0 Å². The molecule has 0 spiro atoms. The zero-order valence-corrected chi connectivity index (χ0v) is 66.6. The Bertz CT molecular complexity index is 2280. The minimum Gasteiger partial charge on any atom is -0.0985 e. The molecule has 6 aromatic rings. The number of hydrogen-bond acceptors (Lipinski definition) is 0. The maximum Gasteiger partial charge on any atom is -0.0193 e. The topological polar surface area (TPSA) is 0 Å². The van der Waals surface area contributed by atoms with Crippen molar-refractivity contribution in [2.24, 2.45) is 28.6 Å². The van der Waals surface area contributed by atoms with Crippen LogP contribution >= 0.6 is 0 Å². The molecule has 0 aliphatic carbocycles. The molecule has 0 bridgehead atoms. The molecule has 0 saturated heterocycles. The van der Waals surface area contributed by atoms with Gasteiger partial charge in [0, 0.05) is 0 Å². The van der Waals surface area contributed by atoms with E-state index in [1.165, 1.54) is 207 Å². The van der Waals surface area contributed by atoms with Crippen molar-refractivity contribution in [3.63, 3.8) is 0 Å². The predicted octanol–water partition coefficient (Wildman–Crippen LogP) is 32.1. The van der Waals surface area contributed by atoms with E-state index in [1.807, 2.05) is 42.5 Å². The van der Waals surface area contributed by atoms with Crippen LogP contribution in [0.2, 0.25) is 0 Å². The second-order valence-electron chi connectivity index (χ2n) is 26.8. The van der Waals surface area contributed by atoms with E-state index >= 15 is 0 Å². The van der Waals surface area contributed by atoms with Crippen LogP contribution in [-0.2, 0) is 19.3 Å². The van der Waals surface area contributed by atoms with Crippen LogP contribution in [-0.4, -0.2) is 0 Å². The van der Waals surface area contributed by atoms with E-state index < -0.39 is 0 Å². The quantitative estimate of drug-likeness (QED) is 0.0381. The van der Waals surface area contributed by atoms with Crippen LogP contribution in [0.25, 0.3) is 6.08 Å². The summed E-state index contributed by atoms with van der Waals surface area (Å²) in [6, 6.07) is 63.1. The molecule has 0 heteroatoms. The zero-order chi connectivity index (χ0) is 71.4. The van der Waals surface area contributed by atoms with Crippen molar-refractivity contribution in [3.8, 4) is 0 Å². The maximum atomic E-state index is 3.63. The maximum absolute atomic E-state index is 3.63. The highest BCUT2D eigenvalue weighted by Crippen LogP contribution is 2.38. The van der Waals surface area contributed by atoms with Gasteiger partial charge in [0.2, 0.25) is 0 Å². The third kappa shape index (κ3) is 52.3. The average Bonchev–Trinajstić information content (AvgIpc) is 1.92. The Hall–Kier alpha value is -4.94. The number of hydrogen-bond donors (Lipinski definition) is 0. The number of unbranched alkanes of at least 4 members (excludes halogenated alkanes) is 7. The molecule has 534 valence electrons. The third-order valence-electron chi connectivity index (χ3n) is 19.8. The first-order chi connectivity index (χ1) is 45.5. The molecule has 0 aliphatic rings. The van der Waals surface area contributed by atoms with E-state index in [4.69, 9.17) is 0 Å². The normalized spacial score (nSPS) is 10.7. The molecule has 94 heavy (non-hydrogen) atoms. The summed E-state index contributed by atoms with van der Waals surface area (Å²) in [5, 5.41) is 0. The molecule has 0 saturated carbocycles. The zero-order valence-electron chi connectivity index (χ0n) is 66.6. The van der Waals surface area contributed by atoms with Gasteiger partial charge in [0.15, 0.2) is 0 Å². The molecule has 0 nitrogen and oxygen atoms in total. The summed E-state index contributed by atoms with van der Waals surface area (Å²) < 4.78 is 0. The van der Waals surface area contributed by atoms with Gasteiger partial charge in [-0.05, 0) is 119 Å². The van der Waals surface area contributed by atoms with Crippen molar-refractivity contribution in [1.82, 2.24) is 0 Å². The summed E-state index contributed by atoms with van der Waals surface area (Å²) >= 11 is 0. The molecule has 1 atom stereocenters. The molecule has 0 heterocycles. The molecule has 0 amide bonds. The first-order valence-corrected chi connectivity index (χ1v) is 39.3. The lowest BCUT2D eigenvalue weighted by Crippen LogP contribution is -2.24. The fraction of sp³-hybridized carbons (Fsp3) is 0.596. The molecule has 0 aromatic heterocycles. The van der Waals surface area contributed by atoms with E-state index in [1.54, 1.807) is 0 Å². The number of rotatable bonds is 31. The van der Waals surface area contributed by atoms with Crippen LogP contribution in [0, 0.1) is 28.6 Å². The molecule has 6 aromatic carbocycles. The Morgan fingerprint density at radius 2 is 0.628 bits per heavy atom. The Kier molecular flexibility index (Phi) is 70.5. The average molecular weight is 1290 g/mol. The highest BCUT2D eigenvalue weighted by atomic mass is 14.3. The number of aryl methyl sites for hydroxylation is 3. The molecular formula is C94H158. The highest BCUT2D eigenvalue weighted by molar-refractivity contribution is 5.45. The molecule has 6 rings (SSSR count). The fourth-order valence-electron chi connectivity index (χ4n) is 12.0. The molecule has 1 unspecified atom stereocenters. The van der Waals surface area contributed by atoms with Gasteiger partial charge in [0.05, 0.1) is 0 Å². The number of benzene rings is 6. The van der Waals surface area contributed by atoms with Gasteiger partial charge in [-0.1, -0.05) is 475 Å². The molecule has 0 aliphatic heterocycles. The van der Waals surface area contributed by atoms with Gasteiger partial charge >= 0.3 is 0 Å². The van der Waals surface area contributed by atoms with Crippen molar-refractivity contribution in [2.45, 2.75) is 338 Å². The molecular weight excluding hydrogens is 1130 g/mol. The van der Waals surface area contributed by atoms with Gasteiger partial charge in [-0.25, -0.2) is 0 Å². The minimum atomic E-state index is 0.625. The van der Waals surface area contributed by atoms with E-state index in [2.05, 4.69) is 304 Å². The van der Waals surface area contributed by atoms with Crippen LogP contribution in [0.3, 0.4) is 0 Å². The summed E-state index contributed by atoms with van der Waals surface area (Å²) in [5.74, 6) is 4.17. The summed E-state index contributed by atoms with van der Waals surface area (Å²) in [6.07, 6.45) is 37.9. The Labute approximate surface area is 590 Å². The fourth-order valence-corrected chi connectivity index (χ4v) is 12.0. The largest absolute Gasteiger partial charge is 0.0985 e. The SMILES string of the molecule is C=Cc1ccccc1.CC(C)c1ccccc1.CCC(C)c1ccccc1.CCC(CC)(CC)C(C)C.CCC(CC)C(CC)CC.CCCC(CC)(CC)CC.CCCCCCC.CCCCCc1ccccc1.CCCCc1ccccc1.CCCc1ccccc1. The van der Waals surface area contributed by atoms with Crippen LogP contribution in [0.15, 0.2) is 189 Å². The standard InChI is InChI=1S/C11H16.2C10H14.3C10H22.2C9H12.C8H8.C7H16/c1-2-3-5-8-11-9-6-4-7-10-11;1-3-9(2)10-7-5-4-6-8-10;1-2-3-7-10-8-5-4-6-9-10;1-6-10(7-2,8-3)9(4)5;1-5-9-10(6-2,7-3)8-4;1-5-9(6-2)10(7-3)8-4;1-8(2)9-6-4-3-5-7-9;1-2-6-9-7-4-3-5-8-9;1-2-8-6-4-3-5-7-8;1-3-5-7-6-4-2/h4,6-7,9-10H,2-3,5,8H2,1H3;4-9H,3H2,1-2H3;4-6,8-9H,2-3,7H2,1H3;9H,6-8H2,1-5H3;5-9H2,1-4H3;9-10H,5-8H2,1-4H3;3-8H,1-2H3;3-5,7-8H,2,6H2,1H3;2-7H,1H2;3-7H2,1-2H3. The smallest absolute Gasteiger partial charge is 0.0193 e. The third-order valence-corrected chi connectivity index (χ3v) is 19.8. The lowest BCUT2D eigenvalue weighted by molar-refractivity contribution is 0.162. The van der Waals surface area contributed by atoms with E-state index in [0.717, 1.165) is 17.8 Å².